The molecule has 5 nitrogen and oxygen atoms in total. The Bertz CT molecular complexity index is 2260. The van der Waals surface area contributed by atoms with Crippen molar-refractivity contribution >= 4 is 59.2 Å². The second-order valence-electron chi connectivity index (χ2n) is 16.4. The molecule has 0 aliphatic heterocycles. The van der Waals surface area contributed by atoms with Crippen molar-refractivity contribution in [2.24, 2.45) is 16.7 Å². The molecular formula is C46H57IrN2O3S-. The zero-order valence-corrected chi connectivity index (χ0v) is 36.9. The van der Waals surface area contributed by atoms with Gasteiger partial charge in [-0.15, -0.1) is 40.5 Å². The third kappa shape index (κ3) is 8.33. The molecule has 0 fully saturated rings. The van der Waals surface area contributed by atoms with Gasteiger partial charge in [0, 0.05) is 64.6 Å². The molecule has 3 heterocycles. The summed E-state index contributed by atoms with van der Waals surface area (Å²) in [6.07, 6.45) is 7.39. The maximum atomic E-state index is 12.2. The number of ketones is 1. The van der Waals surface area contributed by atoms with Gasteiger partial charge in [0.05, 0.1) is 0 Å². The molecule has 3 aromatic carbocycles. The van der Waals surface area contributed by atoms with Crippen molar-refractivity contribution in [2.45, 2.75) is 121 Å². The van der Waals surface area contributed by atoms with Crippen LogP contribution in [0.5, 0.6) is 0 Å². The molecule has 3 aromatic heterocycles. The van der Waals surface area contributed by atoms with E-state index in [1.807, 2.05) is 41.5 Å². The monoisotopic (exact) mass is 910 g/mol. The molecule has 6 aromatic rings. The van der Waals surface area contributed by atoms with Crippen LogP contribution in [-0.2, 0) is 36.7 Å². The average Bonchev–Trinajstić information content (AvgIpc) is 3.66. The number of rotatable bonds is 10. The van der Waals surface area contributed by atoms with E-state index in [9.17, 15) is 9.90 Å². The predicted octanol–water partition coefficient (Wildman–Crippen LogP) is 13.7. The van der Waals surface area contributed by atoms with Gasteiger partial charge in [-0.1, -0.05) is 105 Å². The minimum Gasteiger partial charge on any atom is -0.512 e. The molecule has 0 saturated heterocycles. The van der Waals surface area contributed by atoms with E-state index in [1.165, 1.54) is 38.1 Å². The Labute approximate surface area is 334 Å². The first kappa shape index (κ1) is 42.4. The number of hydrogen-bond acceptors (Lipinski definition) is 6. The van der Waals surface area contributed by atoms with Crippen molar-refractivity contribution in [1.82, 2.24) is 9.97 Å². The number of carbonyl (C=O) groups is 1. The first-order valence-electron chi connectivity index (χ1n) is 19.0. The maximum Gasteiger partial charge on any atom is 0.164 e. The number of carbonyl (C=O) groups excluding carboxylic acids is 1. The van der Waals surface area contributed by atoms with E-state index < -0.39 is 0 Å². The topological polar surface area (TPSA) is 76.2 Å². The Kier molecular flexibility index (Phi) is 13.2. The molecule has 1 radical (unpaired) electrons. The second-order valence-corrected chi connectivity index (χ2v) is 17.4. The smallest absolute Gasteiger partial charge is 0.164 e. The minimum atomic E-state index is -0.337. The van der Waals surface area contributed by atoms with Gasteiger partial charge in [-0.3, -0.25) is 9.78 Å². The van der Waals surface area contributed by atoms with Crippen LogP contribution in [0, 0.1) is 29.7 Å². The molecule has 6 rings (SSSR count). The van der Waals surface area contributed by atoms with Gasteiger partial charge in [0.25, 0.3) is 0 Å². The van der Waals surface area contributed by atoms with E-state index in [-0.39, 0.29) is 47.9 Å². The SMILES string of the molecule is CCC(C)(CC)C(=O)/C=C(\O)C(C)(CC)CC.Cc1c(CC(C)C)oc2ccc3c(sc4ncnc(-c5[c-]c6ccccc6c(C(C)(C)C)c5)c43)c12.[Ir]. The summed E-state index contributed by atoms with van der Waals surface area (Å²) in [4.78, 5) is 22.7. The molecule has 0 atom stereocenters. The minimum absolute atomic E-state index is 0. The fourth-order valence-corrected chi connectivity index (χ4v) is 8.11. The third-order valence-corrected chi connectivity index (χ3v) is 12.6. The summed E-state index contributed by atoms with van der Waals surface area (Å²) >= 11 is 1.73. The first-order chi connectivity index (χ1) is 24.5. The van der Waals surface area contributed by atoms with Gasteiger partial charge >= 0.3 is 0 Å². The molecule has 53 heavy (non-hydrogen) atoms. The number of aliphatic hydroxyl groups excluding tert-OH is 1. The van der Waals surface area contributed by atoms with Crippen molar-refractivity contribution in [3.8, 4) is 11.3 Å². The van der Waals surface area contributed by atoms with Crippen LogP contribution in [0.3, 0.4) is 0 Å². The van der Waals surface area contributed by atoms with Crippen LogP contribution in [0.2, 0.25) is 0 Å². The van der Waals surface area contributed by atoms with Crippen LogP contribution >= 0.6 is 11.3 Å². The van der Waals surface area contributed by atoms with Gasteiger partial charge < -0.3 is 9.52 Å². The molecule has 0 aliphatic carbocycles. The largest absolute Gasteiger partial charge is 0.512 e. The van der Waals surface area contributed by atoms with Crippen LogP contribution in [0.15, 0.2) is 65.0 Å². The average molecular weight is 910 g/mol. The molecule has 0 aliphatic rings. The molecule has 7 heteroatoms. The Hall–Kier alpha value is -3.38. The molecular weight excluding hydrogens is 853 g/mol. The Balaban J connectivity index is 0.000000299. The number of nitrogens with zero attached hydrogens (tertiary/aromatic N) is 2. The van der Waals surface area contributed by atoms with Crippen molar-refractivity contribution in [2.75, 3.05) is 0 Å². The summed E-state index contributed by atoms with van der Waals surface area (Å²) in [6, 6.07) is 18.8. The summed E-state index contributed by atoms with van der Waals surface area (Å²) in [5, 5.41) is 16.0. The van der Waals surface area contributed by atoms with Gasteiger partial charge in [0.1, 0.15) is 28.3 Å². The number of hydrogen-bond donors (Lipinski definition) is 1. The van der Waals surface area contributed by atoms with Crippen LogP contribution in [0.25, 0.3) is 53.3 Å². The summed E-state index contributed by atoms with van der Waals surface area (Å²) in [7, 11) is 0. The number of aliphatic hydroxyl groups is 1. The standard InChI is InChI=1S/C31H29N2OS.C15H28O2.Ir/c1-17(2)13-25-18(3)26-24(34-25)12-11-22-27-28(32-16-33-30(27)35-29(22)26)20-14-19-9-7-8-10-21(19)23(15-20)31(4,5)6;1-7-14(5,8-2)12(16)11-13(17)15(6,9-3)10-4;/h7-12,15-17H,13H2,1-6H3;11,16H,7-10H2,1-6H3;/q-1;;/b;12-11-;. The Morgan fingerprint density at radius 3 is 2.15 bits per heavy atom. The third-order valence-electron chi connectivity index (χ3n) is 11.5. The summed E-state index contributed by atoms with van der Waals surface area (Å²) in [5.41, 5.74) is 4.87. The van der Waals surface area contributed by atoms with Crippen LogP contribution in [-0.4, -0.2) is 20.9 Å². The predicted molar refractivity (Wildman–Crippen MR) is 222 cm³/mol. The summed E-state index contributed by atoms with van der Waals surface area (Å²) < 4.78 is 7.52. The van der Waals surface area contributed by atoms with Crippen LogP contribution < -0.4 is 0 Å². The summed E-state index contributed by atoms with van der Waals surface area (Å²) in [5.74, 6) is 1.92. The van der Waals surface area contributed by atoms with Crippen LogP contribution in [0.1, 0.15) is 119 Å². The van der Waals surface area contributed by atoms with E-state index >= 15 is 0 Å². The van der Waals surface area contributed by atoms with Crippen molar-refractivity contribution in [3.63, 3.8) is 0 Å². The molecule has 0 bridgehead atoms. The van der Waals surface area contributed by atoms with Gasteiger partial charge in [0.2, 0.25) is 0 Å². The van der Waals surface area contributed by atoms with Crippen molar-refractivity contribution in [3.05, 3.63) is 83.6 Å². The van der Waals surface area contributed by atoms with E-state index in [4.69, 9.17) is 14.4 Å². The van der Waals surface area contributed by atoms with Gasteiger partial charge in [-0.05, 0) is 67.0 Å². The molecule has 0 spiro atoms. The molecule has 285 valence electrons. The number of aromatic nitrogens is 2. The number of allylic oxidation sites excluding steroid dienone is 2. The van der Waals surface area contributed by atoms with Crippen molar-refractivity contribution in [1.29, 1.82) is 0 Å². The maximum absolute atomic E-state index is 12.2. The van der Waals surface area contributed by atoms with Crippen LogP contribution in [0.4, 0.5) is 0 Å². The second kappa shape index (κ2) is 16.5. The van der Waals surface area contributed by atoms with E-state index in [0.717, 1.165) is 70.3 Å². The number of aryl methyl sites for hydroxylation is 1. The van der Waals surface area contributed by atoms with E-state index in [0.29, 0.717) is 5.92 Å². The summed E-state index contributed by atoms with van der Waals surface area (Å²) in [6.45, 7) is 25.5. The van der Waals surface area contributed by atoms with Gasteiger partial charge in [-0.2, -0.15) is 0 Å². The molecule has 0 unspecified atom stereocenters. The van der Waals surface area contributed by atoms with E-state index in [1.54, 1.807) is 17.7 Å². The number of thiophene rings is 1. The van der Waals surface area contributed by atoms with Gasteiger partial charge in [-0.25, -0.2) is 4.98 Å². The Morgan fingerprint density at radius 2 is 1.55 bits per heavy atom. The number of furan rings is 1. The normalized spacial score (nSPS) is 12.8. The molecule has 0 saturated carbocycles. The Morgan fingerprint density at radius 1 is 0.906 bits per heavy atom. The molecule has 1 N–H and O–H groups in total. The zero-order valence-electron chi connectivity index (χ0n) is 33.7. The number of benzene rings is 3. The molecule has 0 amide bonds. The zero-order chi connectivity index (χ0) is 38.2. The van der Waals surface area contributed by atoms with Gasteiger partial charge in [0.15, 0.2) is 5.78 Å². The fourth-order valence-electron chi connectivity index (χ4n) is 6.87. The van der Waals surface area contributed by atoms with E-state index in [2.05, 4.69) is 90.1 Å². The quantitative estimate of drug-likeness (QED) is 0.0842. The number of fused-ring (bicyclic) bond motifs is 6. The fraction of sp³-hybridized carbons (Fsp3) is 0.457. The first-order valence-corrected chi connectivity index (χ1v) is 19.8. The van der Waals surface area contributed by atoms with Crippen molar-refractivity contribution < 1.29 is 34.4 Å².